The predicted octanol–water partition coefficient (Wildman–Crippen LogP) is 2.60. The molecule has 0 aliphatic rings. The highest BCUT2D eigenvalue weighted by atomic mass is 35.5. The molecule has 2 aromatic rings. The molecule has 0 radical (unpaired) electrons. The molecule has 1 aromatic heterocycles. The quantitative estimate of drug-likeness (QED) is 0.922. The van der Waals surface area contributed by atoms with Gasteiger partial charge in [-0.1, -0.05) is 11.6 Å². The number of aryl methyl sites for hydroxylation is 1. The van der Waals surface area contributed by atoms with Crippen molar-refractivity contribution in [2.45, 2.75) is 13.2 Å². The van der Waals surface area contributed by atoms with Crippen LogP contribution in [0.2, 0.25) is 5.02 Å². The van der Waals surface area contributed by atoms with Gasteiger partial charge >= 0.3 is 6.61 Å². The van der Waals surface area contributed by atoms with Crippen molar-refractivity contribution in [3.05, 3.63) is 46.7 Å². The highest BCUT2D eigenvalue weighted by molar-refractivity contribution is 6.31. The van der Waals surface area contributed by atoms with Gasteiger partial charge in [-0.25, -0.2) is 0 Å². The topological polar surface area (TPSA) is 56.2 Å². The number of rotatable bonds is 5. The standard InChI is InChI=1S/C13H12ClF2N3O2/c1-19-11(10(14)6-18-19)7-17-12(20)8-2-4-9(5-3-8)21-13(15)16/h2-6,13H,7H2,1H3,(H,17,20). The Kier molecular flexibility index (Phi) is 4.74. The second kappa shape index (κ2) is 6.53. The van der Waals surface area contributed by atoms with Crippen LogP contribution in [0.1, 0.15) is 16.1 Å². The summed E-state index contributed by atoms with van der Waals surface area (Å²) in [5.74, 6) is -0.355. The Hall–Kier alpha value is -2.15. The molecule has 2 rings (SSSR count). The van der Waals surface area contributed by atoms with E-state index in [1.165, 1.54) is 30.5 Å². The van der Waals surface area contributed by atoms with Gasteiger partial charge in [0.2, 0.25) is 0 Å². The van der Waals surface area contributed by atoms with Crippen molar-refractivity contribution in [2.24, 2.45) is 7.05 Å². The van der Waals surface area contributed by atoms with Crippen LogP contribution in [0, 0.1) is 0 Å². The monoisotopic (exact) mass is 315 g/mol. The van der Waals surface area contributed by atoms with Crippen LogP contribution in [-0.2, 0) is 13.6 Å². The number of halogens is 3. The average molecular weight is 316 g/mol. The van der Waals surface area contributed by atoms with Gasteiger partial charge in [-0.05, 0) is 24.3 Å². The maximum Gasteiger partial charge on any atom is 0.387 e. The first-order valence-corrected chi connectivity index (χ1v) is 6.34. The number of carbonyl (C=O) groups is 1. The molecule has 8 heteroatoms. The van der Waals surface area contributed by atoms with E-state index in [1.54, 1.807) is 11.7 Å². The molecule has 112 valence electrons. The molecule has 0 atom stereocenters. The summed E-state index contributed by atoms with van der Waals surface area (Å²) in [5, 5.41) is 7.08. The molecule has 0 spiro atoms. The minimum absolute atomic E-state index is 0.00349. The Labute approximate surface area is 124 Å². The molecule has 0 unspecified atom stereocenters. The summed E-state index contributed by atoms with van der Waals surface area (Å²) in [6.45, 7) is -2.68. The van der Waals surface area contributed by atoms with Crippen LogP contribution in [0.3, 0.4) is 0 Å². The lowest BCUT2D eigenvalue weighted by Crippen LogP contribution is -2.24. The number of hydrogen-bond donors (Lipinski definition) is 1. The maximum absolute atomic E-state index is 12.0. The Bertz CT molecular complexity index is 609. The largest absolute Gasteiger partial charge is 0.435 e. The van der Waals surface area contributed by atoms with Gasteiger partial charge in [-0.15, -0.1) is 0 Å². The number of hydrogen-bond acceptors (Lipinski definition) is 3. The van der Waals surface area contributed by atoms with Crippen molar-refractivity contribution < 1.29 is 18.3 Å². The third-order valence-corrected chi connectivity index (χ3v) is 3.08. The summed E-state index contributed by atoms with van der Waals surface area (Å²) >= 11 is 5.92. The lowest BCUT2D eigenvalue weighted by molar-refractivity contribution is -0.0498. The zero-order valence-electron chi connectivity index (χ0n) is 11.0. The number of nitrogens with zero attached hydrogens (tertiary/aromatic N) is 2. The number of ether oxygens (including phenoxy) is 1. The number of alkyl halides is 2. The van der Waals surface area contributed by atoms with Crippen LogP contribution < -0.4 is 10.1 Å². The number of nitrogens with one attached hydrogen (secondary N) is 1. The molecule has 1 aromatic carbocycles. The summed E-state index contributed by atoms with van der Waals surface area (Å²) in [7, 11) is 1.71. The lowest BCUT2D eigenvalue weighted by Gasteiger charge is -2.08. The van der Waals surface area contributed by atoms with Gasteiger partial charge in [0.15, 0.2) is 0 Å². The van der Waals surface area contributed by atoms with Crippen molar-refractivity contribution in [3.8, 4) is 5.75 Å². The van der Waals surface area contributed by atoms with Gasteiger partial charge in [0.1, 0.15) is 5.75 Å². The third-order valence-electron chi connectivity index (χ3n) is 2.77. The molecular formula is C13H12ClF2N3O2. The second-order valence-corrected chi connectivity index (χ2v) is 4.56. The zero-order valence-corrected chi connectivity index (χ0v) is 11.8. The smallest absolute Gasteiger partial charge is 0.387 e. The average Bonchev–Trinajstić information content (AvgIpc) is 2.75. The summed E-state index contributed by atoms with van der Waals surface area (Å²) in [5.41, 5.74) is 0.998. The Morgan fingerprint density at radius 1 is 1.43 bits per heavy atom. The number of amides is 1. The van der Waals surface area contributed by atoms with Gasteiger partial charge < -0.3 is 10.1 Å². The molecular weight excluding hydrogens is 304 g/mol. The van der Waals surface area contributed by atoms with E-state index >= 15 is 0 Å². The molecule has 1 heterocycles. The van der Waals surface area contributed by atoms with Crippen LogP contribution in [0.15, 0.2) is 30.5 Å². The minimum atomic E-state index is -2.89. The number of carbonyl (C=O) groups excluding carboxylic acids is 1. The summed E-state index contributed by atoms with van der Waals surface area (Å²) in [6, 6.07) is 5.41. The Morgan fingerprint density at radius 2 is 2.10 bits per heavy atom. The highest BCUT2D eigenvalue weighted by Gasteiger charge is 2.11. The number of aromatic nitrogens is 2. The zero-order chi connectivity index (χ0) is 15.4. The molecule has 0 saturated heterocycles. The van der Waals surface area contributed by atoms with E-state index in [0.717, 1.165) is 0 Å². The molecule has 1 N–H and O–H groups in total. The fourth-order valence-corrected chi connectivity index (χ4v) is 1.92. The van der Waals surface area contributed by atoms with Crippen LogP contribution in [0.5, 0.6) is 5.75 Å². The Morgan fingerprint density at radius 3 is 2.62 bits per heavy atom. The molecule has 21 heavy (non-hydrogen) atoms. The lowest BCUT2D eigenvalue weighted by atomic mass is 10.2. The SMILES string of the molecule is Cn1ncc(Cl)c1CNC(=O)c1ccc(OC(F)F)cc1. The summed E-state index contributed by atoms with van der Waals surface area (Å²) in [6.07, 6.45) is 1.49. The number of benzene rings is 1. The summed E-state index contributed by atoms with van der Waals surface area (Å²) < 4.78 is 29.8. The molecule has 5 nitrogen and oxygen atoms in total. The van der Waals surface area contributed by atoms with Gasteiger partial charge in [0.05, 0.1) is 23.5 Å². The van der Waals surface area contributed by atoms with Crippen molar-refractivity contribution in [1.29, 1.82) is 0 Å². The second-order valence-electron chi connectivity index (χ2n) is 4.15. The summed E-state index contributed by atoms with van der Waals surface area (Å²) in [4.78, 5) is 11.9. The van der Waals surface area contributed by atoms with Crippen LogP contribution in [0.4, 0.5) is 8.78 Å². The fourth-order valence-electron chi connectivity index (χ4n) is 1.69. The normalized spacial score (nSPS) is 10.7. The van der Waals surface area contributed by atoms with Crippen molar-refractivity contribution in [1.82, 2.24) is 15.1 Å². The molecule has 0 saturated carbocycles. The van der Waals surface area contributed by atoms with E-state index in [1.807, 2.05) is 0 Å². The van der Waals surface area contributed by atoms with Crippen molar-refractivity contribution >= 4 is 17.5 Å². The molecule has 0 fully saturated rings. The van der Waals surface area contributed by atoms with E-state index < -0.39 is 6.61 Å². The van der Waals surface area contributed by atoms with Crippen LogP contribution in [0.25, 0.3) is 0 Å². The highest BCUT2D eigenvalue weighted by Crippen LogP contribution is 2.16. The molecule has 0 aliphatic heterocycles. The van der Waals surface area contributed by atoms with Gasteiger partial charge in [0, 0.05) is 12.6 Å². The van der Waals surface area contributed by atoms with Crippen molar-refractivity contribution in [2.75, 3.05) is 0 Å². The van der Waals surface area contributed by atoms with E-state index in [4.69, 9.17) is 11.6 Å². The van der Waals surface area contributed by atoms with Crippen LogP contribution >= 0.6 is 11.6 Å². The Balaban J connectivity index is 1.97. The van der Waals surface area contributed by atoms with E-state index in [2.05, 4.69) is 15.2 Å². The van der Waals surface area contributed by atoms with E-state index in [9.17, 15) is 13.6 Å². The minimum Gasteiger partial charge on any atom is -0.435 e. The van der Waals surface area contributed by atoms with Gasteiger partial charge in [0.25, 0.3) is 5.91 Å². The first-order valence-electron chi connectivity index (χ1n) is 5.97. The molecule has 0 bridgehead atoms. The van der Waals surface area contributed by atoms with Crippen LogP contribution in [-0.4, -0.2) is 22.3 Å². The first-order chi connectivity index (χ1) is 9.97. The van der Waals surface area contributed by atoms with E-state index in [-0.39, 0.29) is 18.2 Å². The van der Waals surface area contributed by atoms with Gasteiger partial charge in [-0.3, -0.25) is 9.48 Å². The first kappa shape index (κ1) is 15.2. The van der Waals surface area contributed by atoms with Crippen molar-refractivity contribution in [3.63, 3.8) is 0 Å². The maximum atomic E-state index is 12.0. The third kappa shape index (κ3) is 3.91. The van der Waals surface area contributed by atoms with E-state index in [0.29, 0.717) is 16.3 Å². The fraction of sp³-hybridized carbons (Fsp3) is 0.231. The molecule has 1 amide bonds. The molecule has 0 aliphatic carbocycles. The van der Waals surface area contributed by atoms with Gasteiger partial charge in [-0.2, -0.15) is 13.9 Å². The predicted molar refractivity (Wildman–Crippen MR) is 72.5 cm³/mol.